The number of Topliss-reactive ketones (excluding diaryl/α,β-unsaturated/α-hetero) is 1. The van der Waals surface area contributed by atoms with Crippen molar-refractivity contribution in [3.8, 4) is 11.5 Å². The van der Waals surface area contributed by atoms with Crippen molar-refractivity contribution >= 4 is 15.8 Å². The molecule has 0 amide bonds. The van der Waals surface area contributed by atoms with Crippen LogP contribution in [-0.4, -0.2) is 43.3 Å². The summed E-state index contributed by atoms with van der Waals surface area (Å²) in [5, 5.41) is 10.0. The highest BCUT2D eigenvalue weighted by Gasteiger charge is 2.39. The fourth-order valence-corrected chi connectivity index (χ4v) is 4.69. The molecular weight excluding hydrogens is 306 g/mol. The normalized spacial score (nSPS) is 19.8. The minimum atomic E-state index is -4.00. The van der Waals surface area contributed by atoms with E-state index in [0.29, 0.717) is 12.8 Å². The summed E-state index contributed by atoms with van der Waals surface area (Å²) < 4.78 is 32.2. The maximum Gasteiger partial charge on any atom is 0.251 e. The number of carbonyl (C=O) groups is 1. The van der Waals surface area contributed by atoms with Crippen molar-refractivity contribution in [3.63, 3.8) is 0 Å². The second-order valence-electron chi connectivity index (χ2n) is 5.26. The molecule has 1 saturated heterocycles. The highest BCUT2D eigenvalue weighted by atomic mass is 32.2. The Hall–Kier alpha value is -1.60. The smallest absolute Gasteiger partial charge is 0.251 e. The molecule has 0 aromatic heterocycles. The number of methoxy groups -OCH3 is 1. The van der Waals surface area contributed by atoms with E-state index in [1.807, 2.05) is 0 Å². The van der Waals surface area contributed by atoms with Crippen molar-refractivity contribution in [1.29, 1.82) is 0 Å². The van der Waals surface area contributed by atoms with Gasteiger partial charge in [0.1, 0.15) is 11.5 Å². The second kappa shape index (κ2) is 6.66. The van der Waals surface area contributed by atoms with Gasteiger partial charge in [-0.1, -0.05) is 19.4 Å². The third kappa shape index (κ3) is 2.96. The van der Waals surface area contributed by atoms with Crippen LogP contribution in [0.2, 0.25) is 0 Å². The summed E-state index contributed by atoms with van der Waals surface area (Å²) in [6, 6.07) is 3.63. The monoisotopic (exact) mass is 327 g/mol. The van der Waals surface area contributed by atoms with Gasteiger partial charge in [0, 0.05) is 13.0 Å². The number of sulfonamides is 1. The number of benzene rings is 1. The van der Waals surface area contributed by atoms with Gasteiger partial charge < -0.3 is 9.84 Å². The summed E-state index contributed by atoms with van der Waals surface area (Å²) in [6.45, 7) is 2.00. The summed E-state index contributed by atoms with van der Waals surface area (Å²) in [6.07, 6.45) is 2.32. The molecule has 1 atom stereocenters. The SMILES string of the molecule is CCC(=O)C1CCCCN1S(=O)(=O)c1c(O)cccc1OC. The zero-order valence-corrected chi connectivity index (χ0v) is 13.6. The Kier molecular flexibility index (Phi) is 5.08. The van der Waals surface area contributed by atoms with E-state index in [-0.39, 0.29) is 35.1 Å². The van der Waals surface area contributed by atoms with Crippen LogP contribution < -0.4 is 4.74 Å². The molecule has 1 aliphatic heterocycles. The summed E-state index contributed by atoms with van der Waals surface area (Å²) in [5.74, 6) is -0.390. The first kappa shape index (κ1) is 16.8. The van der Waals surface area contributed by atoms with E-state index < -0.39 is 16.1 Å². The molecule has 0 spiro atoms. The number of phenols is 1. The lowest BCUT2D eigenvalue weighted by Gasteiger charge is -2.33. The predicted octanol–water partition coefficient (Wildman–Crippen LogP) is 1.92. The van der Waals surface area contributed by atoms with Gasteiger partial charge in [-0.05, 0) is 25.0 Å². The maximum absolute atomic E-state index is 13.0. The van der Waals surface area contributed by atoms with Gasteiger partial charge in [-0.2, -0.15) is 4.31 Å². The first-order valence-electron chi connectivity index (χ1n) is 7.34. The van der Waals surface area contributed by atoms with Crippen LogP contribution in [-0.2, 0) is 14.8 Å². The van der Waals surface area contributed by atoms with Gasteiger partial charge in [0.05, 0.1) is 13.2 Å². The molecule has 0 saturated carbocycles. The van der Waals surface area contributed by atoms with Crippen LogP contribution in [0.4, 0.5) is 0 Å². The average molecular weight is 327 g/mol. The molecule has 1 aliphatic rings. The Bertz CT molecular complexity index is 656. The van der Waals surface area contributed by atoms with Crippen LogP contribution in [0.5, 0.6) is 11.5 Å². The molecule has 22 heavy (non-hydrogen) atoms. The van der Waals surface area contributed by atoms with Crippen LogP contribution >= 0.6 is 0 Å². The maximum atomic E-state index is 13.0. The topological polar surface area (TPSA) is 83.9 Å². The number of ether oxygens (including phenoxy) is 1. The van der Waals surface area contributed by atoms with Crippen molar-refractivity contribution in [2.45, 2.75) is 43.5 Å². The zero-order valence-electron chi connectivity index (χ0n) is 12.8. The molecule has 0 bridgehead atoms. The summed E-state index contributed by atoms with van der Waals surface area (Å²) in [7, 11) is -2.66. The quantitative estimate of drug-likeness (QED) is 0.893. The summed E-state index contributed by atoms with van der Waals surface area (Å²) in [5.41, 5.74) is 0. The molecule has 6 nitrogen and oxygen atoms in total. The molecule has 1 aromatic carbocycles. The van der Waals surface area contributed by atoms with E-state index in [9.17, 15) is 18.3 Å². The second-order valence-corrected chi connectivity index (χ2v) is 7.08. The van der Waals surface area contributed by atoms with Gasteiger partial charge in [-0.25, -0.2) is 8.42 Å². The number of hydrogen-bond acceptors (Lipinski definition) is 5. The lowest BCUT2D eigenvalue weighted by molar-refractivity contribution is -0.123. The van der Waals surface area contributed by atoms with Crippen LogP contribution in [0.25, 0.3) is 0 Å². The molecule has 7 heteroatoms. The number of phenolic OH excluding ortho intramolecular Hbond substituents is 1. The van der Waals surface area contributed by atoms with E-state index in [4.69, 9.17) is 4.74 Å². The average Bonchev–Trinajstić information content (AvgIpc) is 2.53. The molecule has 0 radical (unpaired) electrons. The van der Waals surface area contributed by atoms with Gasteiger partial charge in [-0.15, -0.1) is 0 Å². The standard InChI is InChI=1S/C15H21NO5S/c1-3-12(17)11-7-4-5-10-16(11)22(19,20)15-13(18)8-6-9-14(15)21-2/h6,8-9,11,18H,3-5,7,10H2,1-2H3. The fraction of sp³-hybridized carbons (Fsp3) is 0.533. The Morgan fingerprint density at radius 3 is 2.77 bits per heavy atom. The lowest BCUT2D eigenvalue weighted by atomic mass is 10.00. The predicted molar refractivity (Wildman–Crippen MR) is 81.5 cm³/mol. The van der Waals surface area contributed by atoms with Crippen molar-refractivity contribution < 1.29 is 23.1 Å². The largest absolute Gasteiger partial charge is 0.506 e. The highest BCUT2D eigenvalue weighted by molar-refractivity contribution is 7.89. The number of nitrogens with zero attached hydrogens (tertiary/aromatic N) is 1. The molecule has 2 rings (SSSR count). The van der Waals surface area contributed by atoms with E-state index in [0.717, 1.165) is 6.42 Å². The minimum absolute atomic E-state index is 0.0771. The Labute approximate surface area is 130 Å². The Morgan fingerprint density at radius 2 is 2.14 bits per heavy atom. The number of rotatable bonds is 5. The lowest BCUT2D eigenvalue weighted by Crippen LogP contribution is -2.47. The Morgan fingerprint density at radius 1 is 1.41 bits per heavy atom. The zero-order chi connectivity index (χ0) is 16.3. The number of hydrogen-bond donors (Lipinski definition) is 1. The Balaban J connectivity index is 2.51. The molecule has 1 N–H and O–H groups in total. The van der Waals surface area contributed by atoms with E-state index in [2.05, 4.69) is 0 Å². The van der Waals surface area contributed by atoms with Gasteiger partial charge in [0.15, 0.2) is 10.7 Å². The third-order valence-electron chi connectivity index (χ3n) is 3.92. The number of aromatic hydroxyl groups is 1. The minimum Gasteiger partial charge on any atom is -0.506 e. The van der Waals surface area contributed by atoms with Crippen molar-refractivity contribution in [2.75, 3.05) is 13.7 Å². The summed E-state index contributed by atoms with van der Waals surface area (Å²) in [4.78, 5) is 11.8. The number of ketones is 1. The first-order chi connectivity index (χ1) is 10.4. The van der Waals surface area contributed by atoms with Crippen LogP contribution in [0.1, 0.15) is 32.6 Å². The van der Waals surface area contributed by atoms with Crippen molar-refractivity contribution in [1.82, 2.24) is 4.31 Å². The first-order valence-corrected chi connectivity index (χ1v) is 8.78. The van der Waals surface area contributed by atoms with Crippen LogP contribution in [0.3, 0.4) is 0 Å². The molecule has 0 aliphatic carbocycles. The van der Waals surface area contributed by atoms with Gasteiger partial charge in [0.25, 0.3) is 10.0 Å². The fourth-order valence-electron chi connectivity index (χ4n) is 2.79. The highest BCUT2D eigenvalue weighted by Crippen LogP contribution is 2.36. The third-order valence-corrected chi connectivity index (χ3v) is 5.90. The van der Waals surface area contributed by atoms with Crippen LogP contribution in [0, 0.1) is 0 Å². The molecule has 1 aromatic rings. The molecular formula is C15H21NO5S. The van der Waals surface area contributed by atoms with E-state index in [1.54, 1.807) is 6.92 Å². The molecule has 1 fully saturated rings. The van der Waals surface area contributed by atoms with E-state index in [1.165, 1.54) is 29.6 Å². The van der Waals surface area contributed by atoms with Gasteiger partial charge in [0.2, 0.25) is 0 Å². The number of piperidine rings is 1. The molecule has 1 heterocycles. The van der Waals surface area contributed by atoms with Crippen LogP contribution in [0.15, 0.2) is 23.1 Å². The molecule has 122 valence electrons. The van der Waals surface area contributed by atoms with Crippen molar-refractivity contribution in [3.05, 3.63) is 18.2 Å². The van der Waals surface area contributed by atoms with Gasteiger partial charge in [-0.3, -0.25) is 4.79 Å². The van der Waals surface area contributed by atoms with E-state index >= 15 is 0 Å². The van der Waals surface area contributed by atoms with Crippen molar-refractivity contribution in [2.24, 2.45) is 0 Å². The molecule has 1 unspecified atom stereocenters. The van der Waals surface area contributed by atoms with Gasteiger partial charge >= 0.3 is 0 Å². The number of carbonyl (C=O) groups excluding carboxylic acids is 1. The summed E-state index contributed by atoms with van der Waals surface area (Å²) >= 11 is 0.